The molecule has 0 spiro atoms. The topological polar surface area (TPSA) is 80.9 Å². The number of rotatable bonds is 6. The first-order chi connectivity index (χ1) is 11.7. The van der Waals surface area contributed by atoms with E-state index in [0.29, 0.717) is 9.47 Å². The van der Waals surface area contributed by atoms with E-state index < -0.39 is 0 Å². The van der Waals surface area contributed by atoms with E-state index >= 15 is 0 Å². The van der Waals surface area contributed by atoms with E-state index in [-0.39, 0.29) is 11.7 Å². The number of benzene rings is 2. The molecule has 1 heterocycles. The summed E-state index contributed by atoms with van der Waals surface area (Å²) >= 11 is 4.22. The summed E-state index contributed by atoms with van der Waals surface area (Å²) in [5.41, 5.74) is 6.33. The van der Waals surface area contributed by atoms with Crippen molar-refractivity contribution in [2.24, 2.45) is 0 Å². The first-order valence-electron chi connectivity index (χ1n) is 7.04. The monoisotopic (exact) mass is 374 g/mol. The van der Waals surface area contributed by atoms with Gasteiger partial charge in [-0.3, -0.25) is 4.79 Å². The second kappa shape index (κ2) is 8.18. The summed E-state index contributed by atoms with van der Waals surface area (Å²) in [6.45, 7) is 0. The van der Waals surface area contributed by atoms with Crippen molar-refractivity contribution in [3.8, 4) is 0 Å². The van der Waals surface area contributed by atoms with E-state index in [2.05, 4.69) is 15.5 Å². The van der Waals surface area contributed by atoms with Crippen LogP contribution in [0.2, 0.25) is 0 Å². The summed E-state index contributed by atoms with van der Waals surface area (Å²) in [6.07, 6.45) is 0. The molecule has 24 heavy (non-hydrogen) atoms. The number of anilines is 2. The van der Waals surface area contributed by atoms with Gasteiger partial charge >= 0.3 is 0 Å². The lowest BCUT2D eigenvalue weighted by Gasteiger charge is -2.10. The zero-order valence-electron chi connectivity index (χ0n) is 12.5. The Bertz CT molecular complexity index is 823. The Morgan fingerprint density at radius 1 is 1.08 bits per heavy atom. The molecule has 122 valence electrons. The van der Waals surface area contributed by atoms with Gasteiger partial charge in [0.05, 0.1) is 11.4 Å². The molecule has 0 aliphatic heterocycles. The van der Waals surface area contributed by atoms with Crippen molar-refractivity contribution in [3.05, 3.63) is 54.6 Å². The maximum atomic E-state index is 12.2. The Balaban J connectivity index is 1.63. The third kappa shape index (κ3) is 4.73. The molecule has 3 aromatic rings. The Labute approximate surface area is 152 Å². The standard InChI is InChI=1S/C16H14N4OS3/c17-15-19-20-16(24-15)22-10-14(21)18-12-8-4-5-9-13(12)23-11-6-2-1-3-7-11/h1-9H,10H2,(H2,17,19)(H,18,21). The predicted octanol–water partition coefficient (Wildman–Crippen LogP) is 4.00. The van der Waals surface area contributed by atoms with Crippen LogP contribution in [0.4, 0.5) is 10.8 Å². The number of nitrogens with two attached hydrogens (primary N) is 1. The Morgan fingerprint density at radius 3 is 2.58 bits per heavy atom. The number of aromatic nitrogens is 2. The molecule has 0 atom stereocenters. The Hall–Kier alpha value is -2.03. The van der Waals surface area contributed by atoms with E-state index in [4.69, 9.17) is 5.73 Å². The fourth-order valence-corrected chi connectivity index (χ4v) is 4.23. The van der Waals surface area contributed by atoms with E-state index in [1.54, 1.807) is 11.8 Å². The SMILES string of the molecule is Nc1nnc(SCC(=O)Nc2ccccc2Sc2ccccc2)s1. The van der Waals surface area contributed by atoms with Gasteiger partial charge in [0.2, 0.25) is 11.0 Å². The maximum absolute atomic E-state index is 12.2. The van der Waals surface area contributed by atoms with Crippen LogP contribution in [0, 0.1) is 0 Å². The molecule has 0 saturated carbocycles. The van der Waals surface area contributed by atoms with Gasteiger partial charge in [0.1, 0.15) is 0 Å². The molecule has 0 fully saturated rings. The zero-order chi connectivity index (χ0) is 16.8. The van der Waals surface area contributed by atoms with Gasteiger partial charge in [0.25, 0.3) is 0 Å². The molecule has 0 unspecified atom stereocenters. The fraction of sp³-hybridized carbons (Fsp3) is 0.0625. The molecule has 1 amide bonds. The van der Waals surface area contributed by atoms with E-state index in [9.17, 15) is 4.79 Å². The predicted molar refractivity (Wildman–Crippen MR) is 101 cm³/mol. The lowest BCUT2D eigenvalue weighted by atomic mass is 10.3. The van der Waals surface area contributed by atoms with Crippen molar-refractivity contribution in [1.29, 1.82) is 0 Å². The Kier molecular flexibility index (Phi) is 5.73. The van der Waals surface area contributed by atoms with Crippen LogP contribution < -0.4 is 11.1 Å². The molecule has 0 radical (unpaired) electrons. The fourth-order valence-electron chi connectivity index (χ4n) is 1.87. The van der Waals surface area contributed by atoms with Gasteiger partial charge in [0, 0.05) is 9.79 Å². The van der Waals surface area contributed by atoms with Gasteiger partial charge in [-0.25, -0.2) is 0 Å². The van der Waals surface area contributed by atoms with Gasteiger partial charge in [0.15, 0.2) is 4.34 Å². The van der Waals surface area contributed by atoms with Crippen LogP contribution >= 0.6 is 34.9 Å². The highest BCUT2D eigenvalue weighted by Gasteiger charge is 2.10. The summed E-state index contributed by atoms with van der Waals surface area (Å²) in [4.78, 5) is 14.3. The maximum Gasteiger partial charge on any atom is 0.234 e. The van der Waals surface area contributed by atoms with E-state index in [1.807, 2.05) is 54.6 Å². The quantitative estimate of drug-likeness (QED) is 0.635. The lowest BCUT2D eigenvalue weighted by Crippen LogP contribution is -2.14. The number of carbonyl (C=O) groups is 1. The molecule has 1 aromatic heterocycles. The number of nitrogens with one attached hydrogen (secondary N) is 1. The number of nitrogens with zero attached hydrogens (tertiary/aromatic N) is 2. The molecule has 8 heteroatoms. The van der Waals surface area contributed by atoms with Crippen LogP contribution in [0.25, 0.3) is 0 Å². The first kappa shape index (κ1) is 16.8. The minimum atomic E-state index is -0.0881. The number of nitrogen functional groups attached to an aromatic ring is 1. The molecular formula is C16H14N4OS3. The minimum Gasteiger partial charge on any atom is -0.374 e. The van der Waals surface area contributed by atoms with Crippen LogP contribution in [-0.4, -0.2) is 21.9 Å². The van der Waals surface area contributed by atoms with Gasteiger partial charge < -0.3 is 11.1 Å². The van der Waals surface area contributed by atoms with E-state index in [1.165, 1.54) is 23.1 Å². The molecule has 0 bridgehead atoms. The molecular weight excluding hydrogens is 360 g/mol. The first-order valence-corrected chi connectivity index (χ1v) is 9.66. The highest BCUT2D eigenvalue weighted by molar-refractivity contribution is 8.01. The van der Waals surface area contributed by atoms with E-state index in [0.717, 1.165) is 15.5 Å². The second-order valence-electron chi connectivity index (χ2n) is 4.65. The highest BCUT2D eigenvalue weighted by atomic mass is 32.2. The Morgan fingerprint density at radius 2 is 1.83 bits per heavy atom. The number of hydrogen-bond acceptors (Lipinski definition) is 7. The zero-order valence-corrected chi connectivity index (χ0v) is 15.0. The van der Waals surface area contributed by atoms with Crippen molar-refractivity contribution in [3.63, 3.8) is 0 Å². The molecule has 3 rings (SSSR count). The van der Waals surface area contributed by atoms with Gasteiger partial charge in [-0.05, 0) is 24.3 Å². The lowest BCUT2D eigenvalue weighted by molar-refractivity contribution is -0.113. The minimum absolute atomic E-state index is 0.0881. The number of para-hydroxylation sites is 1. The number of hydrogen-bond donors (Lipinski definition) is 2. The smallest absolute Gasteiger partial charge is 0.234 e. The average Bonchev–Trinajstić information content (AvgIpc) is 3.01. The van der Waals surface area contributed by atoms with Gasteiger partial charge in [-0.1, -0.05) is 65.2 Å². The van der Waals surface area contributed by atoms with Crippen LogP contribution in [-0.2, 0) is 4.79 Å². The third-order valence-corrected chi connectivity index (χ3v) is 5.85. The van der Waals surface area contributed by atoms with Crippen LogP contribution in [0.1, 0.15) is 0 Å². The van der Waals surface area contributed by atoms with Crippen LogP contribution in [0.5, 0.6) is 0 Å². The summed E-state index contributed by atoms with van der Waals surface area (Å²) in [7, 11) is 0. The highest BCUT2D eigenvalue weighted by Crippen LogP contribution is 2.33. The second-order valence-corrected chi connectivity index (χ2v) is 8.00. The van der Waals surface area contributed by atoms with Crippen molar-refractivity contribution < 1.29 is 4.79 Å². The summed E-state index contributed by atoms with van der Waals surface area (Å²) in [6, 6.07) is 17.8. The number of thioether (sulfide) groups is 1. The van der Waals surface area contributed by atoms with Crippen molar-refractivity contribution in [2.75, 3.05) is 16.8 Å². The number of carbonyl (C=O) groups excluding carboxylic acids is 1. The van der Waals surface area contributed by atoms with Gasteiger partial charge in [-0.15, -0.1) is 10.2 Å². The largest absolute Gasteiger partial charge is 0.374 e. The molecule has 3 N–H and O–H groups in total. The molecule has 5 nitrogen and oxygen atoms in total. The molecule has 0 saturated heterocycles. The summed E-state index contributed by atoms with van der Waals surface area (Å²) in [5, 5.41) is 11.0. The molecule has 2 aromatic carbocycles. The van der Waals surface area contributed by atoms with Crippen molar-refractivity contribution >= 4 is 51.6 Å². The van der Waals surface area contributed by atoms with Gasteiger partial charge in [-0.2, -0.15) is 0 Å². The molecule has 0 aliphatic rings. The van der Waals surface area contributed by atoms with Crippen LogP contribution in [0.15, 0.2) is 68.7 Å². The van der Waals surface area contributed by atoms with Crippen molar-refractivity contribution in [2.45, 2.75) is 14.1 Å². The summed E-state index contributed by atoms with van der Waals surface area (Å²) in [5.74, 6) is 0.175. The van der Waals surface area contributed by atoms with Crippen molar-refractivity contribution in [1.82, 2.24) is 10.2 Å². The normalized spacial score (nSPS) is 10.5. The average molecular weight is 375 g/mol. The summed E-state index contributed by atoms with van der Waals surface area (Å²) < 4.78 is 0.689. The number of amides is 1. The third-order valence-electron chi connectivity index (χ3n) is 2.88. The molecule has 0 aliphatic carbocycles. The van der Waals surface area contributed by atoms with Crippen LogP contribution in [0.3, 0.4) is 0 Å².